The number of ether oxygens (including phenoxy) is 1. The lowest BCUT2D eigenvalue weighted by molar-refractivity contribution is -0.137. The molecule has 0 spiro atoms. The number of nitrogens with one attached hydrogen (secondary N) is 1. The Hall–Kier alpha value is -2.54. The number of fused-ring (bicyclic) bond motifs is 1. The molecule has 2 saturated heterocycles. The van der Waals surface area contributed by atoms with Crippen molar-refractivity contribution >= 4 is 33.3 Å². The Bertz CT molecular complexity index is 1140. The first-order valence-electron chi connectivity index (χ1n) is 10.8. The Labute approximate surface area is 192 Å². The molecule has 2 fully saturated rings. The van der Waals surface area contributed by atoms with Crippen molar-refractivity contribution in [2.24, 2.45) is 0 Å². The number of nitrogens with zero attached hydrogens (tertiary/aromatic N) is 5. The maximum Gasteiger partial charge on any atom is 0.417 e. The van der Waals surface area contributed by atoms with Crippen molar-refractivity contribution in [1.82, 2.24) is 25.2 Å². The zero-order valence-corrected chi connectivity index (χ0v) is 18.7. The van der Waals surface area contributed by atoms with Crippen LogP contribution in [0.3, 0.4) is 0 Å². The van der Waals surface area contributed by atoms with Crippen molar-refractivity contribution in [2.45, 2.75) is 12.7 Å². The molecule has 0 radical (unpaired) electrons. The molecular weight excluding hydrogens is 455 g/mol. The smallest absolute Gasteiger partial charge is 0.384 e. The molecule has 0 saturated carbocycles. The van der Waals surface area contributed by atoms with Crippen LogP contribution in [0.25, 0.3) is 21.5 Å². The normalized spacial score (nSPS) is 18.2. The van der Waals surface area contributed by atoms with E-state index in [0.717, 1.165) is 37.8 Å². The molecule has 3 aromatic heterocycles. The minimum Gasteiger partial charge on any atom is -0.384 e. The number of halogens is 3. The van der Waals surface area contributed by atoms with Crippen LogP contribution in [0.15, 0.2) is 17.6 Å². The number of pyridine rings is 1. The fourth-order valence-corrected chi connectivity index (χ4v) is 5.16. The number of alkyl halides is 3. The molecule has 0 aromatic carbocycles. The number of anilines is 2. The van der Waals surface area contributed by atoms with Crippen LogP contribution in [0.1, 0.15) is 11.1 Å². The lowest BCUT2D eigenvalue weighted by atomic mass is 10.1. The van der Waals surface area contributed by atoms with Gasteiger partial charge in [-0.05, 0) is 11.4 Å². The Morgan fingerprint density at radius 3 is 2.61 bits per heavy atom. The van der Waals surface area contributed by atoms with Gasteiger partial charge >= 0.3 is 6.18 Å². The summed E-state index contributed by atoms with van der Waals surface area (Å²) in [6, 6.07) is 0.868. The molecule has 5 heterocycles. The Morgan fingerprint density at radius 1 is 1.12 bits per heavy atom. The first-order valence-corrected chi connectivity index (χ1v) is 11.6. The Balaban J connectivity index is 1.66. The third-order valence-corrected chi connectivity index (χ3v) is 6.88. The van der Waals surface area contributed by atoms with Crippen molar-refractivity contribution < 1.29 is 17.9 Å². The summed E-state index contributed by atoms with van der Waals surface area (Å²) in [6.07, 6.45) is -3.43. The van der Waals surface area contributed by atoms with E-state index in [-0.39, 0.29) is 17.1 Å². The zero-order chi connectivity index (χ0) is 23.0. The van der Waals surface area contributed by atoms with Crippen LogP contribution < -0.4 is 16.0 Å². The van der Waals surface area contributed by atoms with Gasteiger partial charge in [-0.15, -0.1) is 11.3 Å². The van der Waals surface area contributed by atoms with E-state index in [1.54, 1.807) is 0 Å². The maximum absolute atomic E-state index is 13.9. The molecule has 0 amide bonds. The zero-order valence-electron chi connectivity index (χ0n) is 17.9. The molecule has 5 rings (SSSR count). The van der Waals surface area contributed by atoms with Crippen LogP contribution in [0, 0.1) is 0 Å². The van der Waals surface area contributed by atoms with E-state index in [1.165, 1.54) is 17.5 Å². The van der Waals surface area contributed by atoms with E-state index in [4.69, 9.17) is 15.5 Å². The number of hydrogen-bond acceptors (Lipinski definition) is 9. The van der Waals surface area contributed by atoms with E-state index in [9.17, 15) is 13.2 Å². The number of aromatic nitrogens is 3. The summed E-state index contributed by atoms with van der Waals surface area (Å²) in [5, 5.41) is 5.31. The van der Waals surface area contributed by atoms with Gasteiger partial charge in [-0.3, -0.25) is 4.90 Å². The molecule has 2 aliphatic rings. The molecule has 33 heavy (non-hydrogen) atoms. The number of thiophene rings is 1. The fraction of sp³-hybridized carbons (Fsp3) is 0.476. The van der Waals surface area contributed by atoms with Crippen LogP contribution in [-0.2, 0) is 17.5 Å². The van der Waals surface area contributed by atoms with Crippen molar-refractivity contribution in [3.8, 4) is 11.3 Å². The summed E-state index contributed by atoms with van der Waals surface area (Å²) >= 11 is 1.37. The van der Waals surface area contributed by atoms with Gasteiger partial charge in [0.15, 0.2) is 0 Å². The first-order chi connectivity index (χ1) is 15.9. The van der Waals surface area contributed by atoms with Crippen LogP contribution in [0.4, 0.5) is 24.9 Å². The van der Waals surface area contributed by atoms with Gasteiger partial charge < -0.3 is 20.7 Å². The molecule has 2 aliphatic heterocycles. The largest absolute Gasteiger partial charge is 0.417 e. The number of nitrogens with two attached hydrogens (primary N) is 1. The molecule has 0 unspecified atom stereocenters. The summed E-state index contributed by atoms with van der Waals surface area (Å²) < 4.78 is 47.8. The highest BCUT2D eigenvalue weighted by Gasteiger charge is 2.36. The Kier molecular flexibility index (Phi) is 6.08. The molecule has 12 heteroatoms. The molecule has 0 bridgehead atoms. The summed E-state index contributed by atoms with van der Waals surface area (Å²) in [5.74, 6) is 0.223. The van der Waals surface area contributed by atoms with Gasteiger partial charge in [0, 0.05) is 63.1 Å². The standard InChI is InChI=1S/C21H24F3N7OS/c22-21(23,24)15-9-16(25)27-10-14(15)18-19-17(28-20(29-18)31-5-7-32-8-6-31)13(12-33-19)11-30-3-1-26-2-4-30/h9-10,12,26H,1-8,11H2,(H2,25,27). The van der Waals surface area contributed by atoms with Gasteiger partial charge in [-0.25, -0.2) is 15.0 Å². The molecule has 8 nitrogen and oxygen atoms in total. The van der Waals surface area contributed by atoms with E-state index in [1.807, 2.05) is 10.3 Å². The topological polar surface area (TPSA) is 92.4 Å². The highest BCUT2D eigenvalue weighted by molar-refractivity contribution is 7.17. The molecule has 0 atom stereocenters. The minimum absolute atomic E-state index is 0.0887. The number of morpholine rings is 1. The summed E-state index contributed by atoms with van der Waals surface area (Å²) in [5.41, 5.74) is 6.58. The third kappa shape index (κ3) is 4.60. The first kappa shape index (κ1) is 22.3. The van der Waals surface area contributed by atoms with Crippen molar-refractivity contribution in [3.05, 3.63) is 28.8 Å². The molecule has 3 aromatic rings. The van der Waals surface area contributed by atoms with E-state index < -0.39 is 11.7 Å². The van der Waals surface area contributed by atoms with Gasteiger partial charge in [0.1, 0.15) is 5.82 Å². The summed E-state index contributed by atoms with van der Waals surface area (Å²) in [4.78, 5) is 17.7. The fourth-order valence-electron chi connectivity index (χ4n) is 4.16. The van der Waals surface area contributed by atoms with Gasteiger partial charge in [-0.1, -0.05) is 0 Å². The number of hydrogen-bond donors (Lipinski definition) is 2. The summed E-state index contributed by atoms with van der Waals surface area (Å²) in [7, 11) is 0. The van der Waals surface area contributed by atoms with Gasteiger partial charge in [0.2, 0.25) is 5.95 Å². The number of rotatable bonds is 4. The predicted octanol–water partition coefficient (Wildman–Crippen LogP) is 2.60. The lowest BCUT2D eigenvalue weighted by Crippen LogP contribution is -2.42. The van der Waals surface area contributed by atoms with Gasteiger partial charge in [0.05, 0.1) is 34.7 Å². The minimum atomic E-state index is -4.59. The molecule has 176 valence electrons. The number of piperazine rings is 1. The Morgan fingerprint density at radius 2 is 1.88 bits per heavy atom. The van der Waals surface area contributed by atoms with Crippen LogP contribution in [-0.4, -0.2) is 72.3 Å². The van der Waals surface area contributed by atoms with E-state index in [2.05, 4.69) is 20.2 Å². The number of nitrogen functional groups attached to an aromatic ring is 1. The molecule has 3 N–H and O–H groups in total. The van der Waals surface area contributed by atoms with E-state index in [0.29, 0.717) is 49.0 Å². The average Bonchev–Trinajstić information content (AvgIpc) is 3.22. The monoisotopic (exact) mass is 479 g/mol. The van der Waals surface area contributed by atoms with Crippen LogP contribution >= 0.6 is 11.3 Å². The molecule has 0 aliphatic carbocycles. The SMILES string of the molecule is Nc1cc(C(F)(F)F)c(-c2nc(N3CCOCC3)nc3c(CN4CCNCC4)csc23)cn1. The van der Waals surface area contributed by atoms with Crippen molar-refractivity contribution in [2.75, 3.05) is 63.1 Å². The quantitative estimate of drug-likeness (QED) is 0.590. The third-order valence-electron chi connectivity index (χ3n) is 5.86. The van der Waals surface area contributed by atoms with Crippen molar-refractivity contribution in [3.63, 3.8) is 0 Å². The molecular formula is C21H24F3N7OS. The average molecular weight is 480 g/mol. The van der Waals surface area contributed by atoms with Gasteiger partial charge in [-0.2, -0.15) is 13.2 Å². The van der Waals surface area contributed by atoms with Gasteiger partial charge in [0.25, 0.3) is 0 Å². The second kappa shape index (κ2) is 9.01. The highest BCUT2D eigenvalue weighted by atomic mass is 32.1. The van der Waals surface area contributed by atoms with Crippen LogP contribution in [0.2, 0.25) is 0 Å². The van der Waals surface area contributed by atoms with Crippen molar-refractivity contribution in [1.29, 1.82) is 0 Å². The van der Waals surface area contributed by atoms with E-state index >= 15 is 0 Å². The second-order valence-corrected chi connectivity index (χ2v) is 8.97. The maximum atomic E-state index is 13.9. The summed E-state index contributed by atoms with van der Waals surface area (Å²) in [6.45, 7) is 6.52. The van der Waals surface area contributed by atoms with Crippen LogP contribution in [0.5, 0.6) is 0 Å². The highest BCUT2D eigenvalue weighted by Crippen LogP contribution is 2.41. The lowest BCUT2D eigenvalue weighted by Gasteiger charge is -2.28. The predicted molar refractivity (Wildman–Crippen MR) is 121 cm³/mol. The second-order valence-electron chi connectivity index (χ2n) is 8.09.